The van der Waals surface area contributed by atoms with Crippen LogP contribution < -0.4 is 0 Å². The first kappa shape index (κ1) is 27.9. The van der Waals surface area contributed by atoms with Gasteiger partial charge in [0.15, 0.2) is 17.5 Å². The molecule has 11 rings (SSSR count). The molecule has 4 heterocycles. The van der Waals surface area contributed by atoms with Crippen molar-refractivity contribution in [1.82, 2.24) is 19.5 Å². The number of fused-ring (bicyclic) bond motifs is 9. The Kier molecular flexibility index (Phi) is 5.86. The van der Waals surface area contributed by atoms with Gasteiger partial charge in [0.1, 0.15) is 22.3 Å². The second kappa shape index (κ2) is 10.7. The van der Waals surface area contributed by atoms with Gasteiger partial charge >= 0.3 is 0 Å². The molecule has 0 spiro atoms. The van der Waals surface area contributed by atoms with Crippen molar-refractivity contribution in [1.29, 1.82) is 0 Å². The highest BCUT2D eigenvalue weighted by molar-refractivity contribution is 6.12. The lowest BCUT2D eigenvalue weighted by atomic mass is 10.0. The monoisotopic (exact) mass is 654 g/mol. The van der Waals surface area contributed by atoms with E-state index in [9.17, 15) is 0 Å². The maximum absolute atomic E-state index is 6.50. The molecule has 0 fully saturated rings. The van der Waals surface area contributed by atoms with Gasteiger partial charge in [-0.3, -0.25) is 0 Å². The van der Waals surface area contributed by atoms with Crippen molar-refractivity contribution < 1.29 is 8.83 Å². The summed E-state index contributed by atoms with van der Waals surface area (Å²) in [6.07, 6.45) is 0. The third kappa shape index (κ3) is 4.26. The van der Waals surface area contributed by atoms with Gasteiger partial charge in [0.2, 0.25) is 0 Å². The highest BCUT2D eigenvalue weighted by Crippen LogP contribution is 2.39. The molecule has 4 aromatic heterocycles. The number of benzene rings is 7. The van der Waals surface area contributed by atoms with E-state index in [2.05, 4.69) is 89.5 Å². The van der Waals surface area contributed by atoms with Gasteiger partial charge in [0, 0.05) is 60.8 Å². The summed E-state index contributed by atoms with van der Waals surface area (Å²) in [6.45, 7) is 0. The van der Waals surface area contributed by atoms with E-state index in [1.165, 1.54) is 10.8 Å². The summed E-state index contributed by atoms with van der Waals surface area (Å²) in [4.78, 5) is 15.2. The molecule has 0 bridgehead atoms. The summed E-state index contributed by atoms with van der Waals surface area (Å²) in [7, 11) is 0. The van der Waals surface area contributed by atoms with Gasteiger partial charge in [0.05, 0.1) is 11.0 Å². The van der Waals surface area contributed by atoms with E-state index >= 15 is 0 Å². The minimum absolute atomic E-state index is 0.585. The van der Waals surface area contributed by atoms with Crippen LogP contribution in [0.1, 0.15) is 0 Å². The molecule has 0 amide bonds. The molecule has 0 aliphatic carbocycles. The second-order valence-electron chi connectivity index (χ2n) is 12.8. The van der Waals surface area contributed by atoms with Gasteiger partial charge in [-0.05, 0) is 54.6 Å². The molecular formula is C45H26N4O2. The van der Waals surface area contributed by atoms with Crippen LogP contribution in [0.5, 0.6) is 0 Å². The standard InChI is InChI=1S/C45H26N4O2/c1-2-11-27(12-3-1)43-46-44(48-45(47-43)34-16-10-20-40-42(34)33-15-6-9-19-38(33)50-40)28-21-24-39-35(25-28)32-23-22-29(26-41(32)51-39)49-36-17-7-4-13-30(36)31-14-5-8-18-37(31)49/h1-26H. The van der Waals surface area contributed by atoms with Crippen LogP contribution in [0.4, 0.5) is 0 Å². The Morgan fingerprint density at radius 3 is 1.80 bits per heavy atom. The normalized spacial score (nSPS) is 11.9. The van der Waals surface area contributed by atoms with Crippen molar-refractivity contribution in [3.63, 3.8) is 0 Å². The molecule has 0 saturated heterocycles. The first-order valence-corrected chi connectivity index (χ1v) is 16.9. The Labute approximate surface area is 290 Å². The minimum Gasteiger partial charge on any atom is -0.456 e. The SMILES string of the molecule is c1ccc(-c2nc(-c3ccc4oc5cc(-n6c7ccccc7c7ccccc76)ccc5c4c3)nc(-c3cccc4oc5ccccc5c34)n2)cc1. The third-order valence-electron chi connectivity index (χ3n) is 9.86. The number of nitrogens with zero attached hydrogens (tertiary/aromatic N) is 4. The Balaban J connectivity index is 1.09. The zero-order valence-electron chi connectivity index (χ0n) is 27.1. The number of para-hydroxylation sites is 3. The fourth-order valence-corrected chi connectivity index (χ4v) is 7.55. The fraction of sp³-hybridized carbons (Fsp3) is 0. The van der Waals surface area contributed by atoms with Crippen molar-refractivity contribution in [2.75, 3.05) is 0 Å². The van der Waals surface area contributed by atoms with Crippen molar-refractivity contribution >= 4 is 65.7 Å². The van der Waals surface area contributed by atoms with E-state index in [-0.39, 0.29) is 0 Å². The molecule has 11 aromatic rings. The van der Waals surface area contributed by atoms with Crippen LogP contribution in [0.25, 0.3) is 106 Å². The van der Waals surface area contributed by atoms with Crippen LogP contribution in [-0.4, -0.2) is 19.5 Å². The van der Waals surface area contributed by atoms with Gasteiger partial charge in [-0.15, -0.1) is 0 Å². The van der Waals surface area contributed by atoms with Gasteiger partial charge < -0.3 is 13.4 Å². The second-order valence-corrected chi connectivity index (χ2v) is 12.8. The summed E-state index contributed by atoms with van der Waals surface area (Å²) in [5.74, 6) is 1.78. The largest absolute Gasteiger partial charge is 0.456 e. The highest BCUT2D eigenvalue weighted by Gasteiger charge is 2.19. The molecule has 0 aliphatic rings. The summed E-state index contributed by atoms with van der Waals surface area (Å²) >= 11 is 0. The molecule has 6 heteroatoms. The smallest absolute Gasteiger partial charge is 0.164 e. The van der Waals surface area contributed by atoms with E-state index in [1.807, 2.05) is 72.8 Å². The van der Waals surface area contributed by atoms with Crippen LogP contribution in [0.3, 0.4) is 0 Å². The van der Waals surface area contributed by atoms with E-state index in [4.69, 9.17) is 23.8 Å². The molecule has 51 heavy (non-hydrogen) atoms. The molecule has 238 valence electrons. The van der Waals surface area contributed by atoms with Gasteiger partial charge in [-0.1, -0.05) is 97.1 Å². The summed E-state index contributed by atoms with van der Waals surface area (Å²) in [6, 6.07) is 53.9. The Morgan fingerprint density at radius 1 is 0.373 bits per heavy atom. The van der Waals surface area contributed by atoms with E-state index in [1.54, 1.807) is 0 Å². The lowest BCUT2D eigenvalue weighted by Gasteiger charge is -2.09. The fourth-order valence-electron chi connectivity index (χ4n) is 7.55. The van der Waals surface area contributed by atoms with Crippen LogP contribution >= 0.6 is 0 Å². The Morgan fingerprint density at radius 2 is 1.00 bits per heavy atom. The summed E-state index contributed by atoms with van der Waals surface area (Å²) < 4.78 is 15.0. The molecule has 0 aliphatic heterocycles. The average molecular weight is 655 g/mol. The number of furan rings is 2. The van der Waals surface area contributed by atoms with Gasteiger partial charge in [0.25, 0.3) is 0 Å². The molecule has 0 radical (unpaired) electrons. The topological polar surface area (TPSA) is 69.9 Å². The van der Waals surface area contributed by atoms with E-state index in [0.29, 0.717) is 17.5 Å². The van der Waals surface area contributed by atoms with Crippen molar-refractivity contribution in [3.8, 4) is 39.9 Å². The zero-order valence-corrected chi connectivity index (χ0v) is 27.1. The Bertz CT molecular complexity index is 3100. The zero-order chi connectivity index (χ0) is 33.5. The predicted molar refractivity (Wildman–Crippen MR) is 205 cm³/mol. The van der Waals surface area contributed by atoms with E-state index < -0.39 is 0 Å². The summed E-state index contributed by atoms with van der Waals surface area (Å²) in [5, 5.41) is 6.50. The van der Waals surface area contributed by atoms with Crippen LogP contribution in [0.2, 0.25) is 0 Å². The molecule has 0 unspecified atom stereocenters. The van der Waals surface area contributed by atoms with Gasteiger partial charge in [-0.25, -0.2) is 15.0 Å². The number of hydrogen-bond donors (Lipinski definition) is 0. The Hall–Kier alpha value is -7.05. The predicted octanol–water partition coefficient (Wildman–Crippen LogP) is 11.8. The number of aromatic nitrogens is 4. The molecule has 0 N–H and O–H groups in total. The van der Waals surface area contributed by atoms with Crippen molar-refractivity contribution in [2.24, 2.45) is 0 Å². The quantitative estimate of drug-likeness (QED) is 0.189. The summed E-state index contributed by atoms with van der Waals surface area (Å²) in [5.41, 5.74) is 9.31. The maximum atomic E-state index is 6.50. The van der Waals surface area contributed by atoms with Crippen LogP contribution in [-0.2, 0) is 0 Å². The van der Waals surface area contributed by atoms with Crippen molar-refractivity contribution in [2.45, 2.75) is 0 Å². The molecule has 6 nitrogen and oxygen atoms in total. The lowest BCUT2D eigenvalue weighted by Crippen LogP contribution is -2.00. The lowest BCUT2D eigenvalue weighted by molar-refractivity contribution is 0.668. The van der Waals surface area contributed by atoms with Crippen LogP contribution in [0.15, 0.2) is 167 Å². The number of rotatable bonds is 4. The first-order valence-electron chi connectivity index (χ1n) is 16.9. The highest BCUT2D eigenvalue weighted by atomic mass is 16.3. The minimum atomic E-state index is 0.585. The van der Waals surface area contributed by atoms with Gasteiger partial charge in [-0.2, -0.15) is 0 Å². The molecular weight excluding hydrogens is 629 g/mol. The maximum Gasteiger partial charge on any atom is 0.164 e. The average Bonchev–Trinajstić information content (AvgIpc) is 3.87. The molecule has 0 atom stereocenters. The molecule has 0 saturated carbocycles. The molecule has 7 aromatic carbocycles. The number of hydrogen-bond acceptors (Lipinski definition) is 5. The third-order valence-corrected chi connectivity index (χ3v) is 9.86. The van der Waals surface area contributed by atoms with Crippen molar-refractivity contribution in [3.05, 3.63) is 158 Å². The van der Waals surface area contributed by atoms with E-state index in [0.717, 1.165) is 77.3 Å². The van der Waals surface area contributed by atoms with Crippen LogP contribution in [0, 0.1) is 0 Å². The first-order chi connectivity index (χ1) is 25.3.